The minimum absolute atomic E-state index is 0.0323. The van der Waals surface area contributed by atoms with Crippen LogP contribution in [0.4, 0.5) is 0 Å². The van der Waals surface area contributed by atoms with Crippen LogP contribution in [0.2, 0.25) is 0 Å². The third kappa shape index (κ3) is 11.0. The predicted molar refractivity (Wildman–Crippen MR) is 113 cm³/mol. The van der Waals surface area contributed by atoms with Crippen molar-refractivity contribution in [3.8, 4) is 0 Å². The number of aliphatic hydroxyl groups is 1. The number of amides is 3. The molecule has 0 heterocycles. The van der Waals surface area contributed by atoms with Crippen LogP contribution >= 0.6 is 12.6 Å². The summed E-state index contributed by atoms with van der Waals surface area (Å²) in [5.74, 6) is -5.14. The highest BCUT2D eigenvalue weighted by Gasteiger charge is 2.32. The van der Waals surface area contributed by atoms with Crippen molar-refractivity contribution in [1.29, 1.82) is 0 Å². The molecule has 0 fully saturated rings. The van der Waals surface area contributed by atoms with Crippen LogP contribution in [0.3, 0.4) is 0 Å². The fraction of sp³-hybridized carbons (Fsp3) is 0.722. The van der Waals surface area contributed by atoms with E-state index < -0.39 is 59.9 Å². The molecule has 0 saturated carbocycles. The third-order valence-electron chi connectivity index (χ3n) is 4.21. The second kappa shape index (κ2) is 13.8. The summed E-state index contributed by atoms with van der Waals surface area (Å²) in [6.07, 6.45) is -1.71. The van der Waals surface area contributed by atoms with Crippen molar-refractivity contribution in [3.05, 3.63) is 0 Å². The Morgan fingerprint density at radius 3 is 1.87 bits per heavy atom. The van der Waals surface area contributed by atoms with Crippen molar-refractivity contribution in [2.75, 3.05) is 5.75 Å². The Morgan fingerprint density at radius 1 is 0.903 bits per heavy atom. The maximum atomic E-state index is 12.5. The van der Waals surface area contributed by atoms with Gasteiger partial charge in [-0.05, 0) is 25.7 Å². The van der Waals surface area contributed by atoms with Crippen LogP contribution in [-0.4, -0.2) is 81.0 Å². The molecule has 13 heteroatoms. The Kier molecular flexibility index (Phi) is 12.8. The van der Waals surface area contributed by atoms with E-state index in [4.69, 9.17) is 10.8 Å². The number of carboxylic acid groups (broad SMARTS) is 2. The molecule has 8 N–H and O–H groups in total. The predicted octanol–water partition coefficient (Wildman–Crippen LogP) is -1.93. The second-order valence-electron chi connectivity index (χ2n) is 7.54. The molecule has 0 aliphatic rings. The molecule has 0 radical (unpaired) electrons. The second-order valence-corrected chi connectivity index (χ2v) is 7.90. The molecule has 5 unspecified atom stereocenters. The summed E-state index contributed by atoms with van der Waals surface area (Å²) in [6.45, 7) is 4.78. The lowest BCUT2D eigenvalue weighted by Gasteiger charge is -2.26. The van der Waals surface area contributed by atoms with Crippen LogP contribution < -0.4 is 21.7 Å². The van der Waals surface area contributed by atoms with Crippen molar-refractivity contribution < 1.29 is 39.3 Å². The van der Waals surface area contributed by atoms with Gasteiger partial charge in [0.2, 0.25) is 17.7 Å². The molecule has 0 spiro atoms. The molecule has 178 valence electrons. The van der Waals surface area contributed by atoms with E-state index in [1.807, 2.05) is 0 Å². The lowest BCUT2D eigenvalue weighted by molar-refractivity contribution is -0.143. The Hall–Kier alpha value is -2.38. The van der Waals surface area contributed by atoms with Gasteiger partial charge in [-0.3, -0.25) is 19.2 Å². The average molecular weight is 465 g/mol. The zero-order valence-corrected chi connectivity index (χ0v) is 18.6. The highest BCUT2D eigenvalue weighted by atomic mass is 32.1. The number of carbonyl (C=O) groups is 5. The van der Waals surface area contributed by atoms with Gasteiger partial charge in [0.25, 0.3) is 0 Å². The van der Waals surface area contributed by atoms with E-state index in [-0.39, 0.29) is 30.9 Å². The van der Waals surface area contributed by atoms with Crippen molar-refractivity contribution in [1.82, 2.24) is 16.0 Å². The molecule has 0 rings (SSSR count). The summed E-state index contributed by atoms with van der Waals surface area (Å²) in [5, 5.41) is 34.7. The molecule has 5 atom stereocenters. The lowest BCUT2D eigenvalue weighted by atomic mass is 10.0. The highest BCUT2D eigenvalue weighted by Crippen LogP contribution is 2.06. The molecule has 0 aliphatic carbocycles. The first-order valence-electron chi connectivity index (χ1n) is 9.70. The van der Waals surface area contributed by atoms with E-state index in [0.717, 1.165) is 0 Å². The van der Waals surface area contributed by atoms with Crippen LogP contribution in [0.25, 0.3) is 0 Å². The summed E-state index contributed by atoms with van der Waals surface area (Å²) in [7, 11) is 0. The van der Waals surface area contributed by atoms with Crippen molar-refractivity contribution in [2.45, 2.75) is 70.3 Å². The summed E-state index contributed by atoms with van der Waals surface area (Å²) in [6, 6.07) is -5.10. The quantitative estimate of drug-likeness (QED) is 0.134. The lowest BCUT2D eigenvalue weighted by Crippen LogP contribution is -2.60. The number of hydrogen-bond acceptors (Lipinski definition) is 8. The molecule has 0 aliphatic heterocycles. The zero-order chi connectivity index (χ0) is 24.3. The Morgan fingerprint density at radius 2 is 1.45 bits per heavy atom. The summed E-state index contributed by atoms with van der Waals surface area (Å²) in [5.41, 5.74) is 5.60. The minimum atomic E-state index is -1.48. The normalized spacial score (nSPS) is 15.8. The molecular formula is C18H32N4O8S. The number of aliphatic hydroxyl groups excluding tert-OH is 1. The van der Waals surface area contributed by atoms with Gasteiger partial charge in [0.1, 0.15) is 18.1 Å². The van der Waals surface area contributed by atoms with E-state index in [0.29, 0.717) is 0 Å². The van der Waals surface area contributed by atoms with Gasteiger partial charge in [-0.1, -0.05) is 13.8 Å². The summed E-state index contributed by atoms with van der Waals surface area (Å²) >= 11 is 3.98. The summed E-state index contributed by atoms with van der Waals surface area (Å²) < 4.78 is 0. The number of hydrogen-bond donors (Lipinski definition) is 8. The van der Waals surface area contributed by atoms with Crippen LogP contribution in [0.5, 0.6) is 0 Å². The van der Waals surface area contributed by atoms with E-state index >= 15 is 0 Å². The topological polar surface area (TPSA) is 208 Å². The van der Waals surface area contributed by atoms with Gasteiger partial charge in [-0.15, -0.1) is 0 Å². The number of rotatable bonds is 14. The monoisotopic (exact) mass is 464 g/mol. The van der Waals surface area contributed by atoms with E-state index in [1.54, 1.807) is 13.8 Å². The number of carbonyl (C=O) groups excluding carboxylic acids is 3. The van der Waals surface area contributed by atoms with Crippen LogP contribution in [0, 0.1) is 5.92 Å². The fourth-order valence-electron chi connectivity index (χ4n) is 2.50. The SMILES string of the molecule is CC(C)CC(NC(=O)C(NC(=O)C(CS)NC(=O)C(N)CCC(=O)O)C(C)O)C(=O)O. The number of carboxylic acids is 2. The maximum Gasteiger partial charge on any atom is 0.326 e. The number of thiol groups is 1. The minimum Gasteiger partial charge on any atom is -0.481 e. The molecular weight excluding hydrogens is 432 g/mol. The van der Waals surface area contributed by atoms with Crippen molar-refractivity contribution in [3.63, 3.8) is 0 Å². The first kappa shape index (κ1) is 28.6. The number of nitrogens with one attached hydrogen (secondary N) is 3. The number of aliphatic carboxylic acids is 2. The summed E-state index contributed by atoms with van der Waals surface area (Å²) in [4.78, 5) is 59.0. The van der Waals surface area contributed by atoms with Gasteiger partial charge in [0, 0.05) is 12.2 Å². The first-order valence-corrected chi connectivity index (χ1v) is 10.3. The van der Waals surface area contributed by atoms with Crippen LogP contribution in [0.1, 0.15) is 40.0 Å². The Labute approximate surface area is 185 Å². The molecule has 0 bridgehead atoms. The zero-order valence-electron chi connectivity index (χ0n) is 17.7. The third-order valence-corrected chi connectivity index (χ3v) is 4.57. The van der Waals surface area contributed by atoms with E-state index in [9.17, 15) is 34.2 Å². The molecule has 0 saturated heterocycles. The largest absolute Gasteiger partial charge is 0.481 e. The maximum absolute atomic E-state index is 12.5. The van der Waals surface area contributed by atoms with Gasteiger partial charge in [-0.25, -0.2) is 4.79 Å². The molecule has 3 amide bonds. The standard InChI is InChI=1S/C18H32N4O8S/c1-8(2)6-11(18(29)30)20-17(28)14(9(3)23)22-16(27)12(7-31)21-15(26)10(19)4-5-13(24)25/h8-12,14,23,31H,4-7,19H2,1-3H3,(H,20,28)(H,21,26)(H,22,27)(H,24,25)(H,29,30). The van der Waals surface area contributed by atoms with Gasteiger partial charge in [-0.2, -0.15) is 12.6 Å². The smallest absolute Gasteiger partial charge is 0.326 e. The van der Waals surface area contributed by atoms with Crippen LogP contribution in [-0.2, 0) is 24.0 Å². The first-order chi connectivity index (χ1) is 14.3. The Balaban J connectivity index is 5.14. The van der Waals surface area contributed by atoms with Crippen LogP contribution in [0.15, 0.2) is 0 Å². The van der Waals surface area contributed by atoms with Gasteiger partial charge in [0.15, 0.2) is 0 Å². The highest BCUT2D eigenvalue weighted by molar-refractivity contribution is 7.80. The molecule has 0 aromatic carbocycles. The van der Waals surface area contributed by atoms with Gasteiger partial charge >= 0.3 is 11.9 Å². The number of nitrogens with two attached hydrogens (primary N) is 1. The fourth-order valence-corrected chi connectivity index (χ4v) is 2.75. The van der Waals surface area contributed by atoms with Crippen molar-refractivity contribution >= 4 is 42.3 Å². The molecule has 0 aromatic heterocycles. The molecule has 31 heavy (non-hydrogen) atoms. The molecule has 12 nitrogen and oxygen atoms in total. The van der Waals surface area contributed by atoms with Crippen molar-refractivity contribution in [2.24, 2.45) is 11.7 Å². The van der Waals surface area contributed by atoms with E-state index in [1.165, 1.54) is 6.92 Å². The van der Waals surface area contributed by atoms with Gasteiger partial charge < -0.3 is 37.0 Å². The van der Waals surface area contributed by atoms with Gasteiger partial charge in [0.05, 0.1) is 12.1 Å². The Bertz CT molecular complexity index is 658. The van der Waals surface area contributed by atoms with E-state index in [2.05, 4.69) is 28.6 Å². The molecule has 0 aromatic rings. The average Bonchev–Trinajstić information content (AvgIpc) is 2.66.